The summed E-state index contributed by atoms with van der Waals surface area (Å²) in [6.07, 6.45) is 3.57. The molecule has 2 saturated heterocycles. The molecular formula is C18H24N4O4. The minimum absolute atomic E-state index is 0.0173. The van der Waals surface area contributed by atoms with Gasteiger partial charge >= 0.3 is 0 Å². The van der Waals surface area contributed by atoms with Crippen LogP contribution >= 0.6 is 0 Å². The number of nitrogens with zero attached hydrogens (tertiary/aromatic N) is 3. The molecule has 3 aliphatic heterocycles. The normalized spacial score (nSPS) is 31.7. The Bertz CT molecular complexity index is 760. The number of aromatic amines is 1. The Hall–Kier alpha value is -2.19. The van der Waals surface area contributed by atoms with Crippen molar-refractivity contribution in [3.63, 3.8) is 0 Å². The van der Waals surface area contributed by atoms with Crippen molar-refractivity contribution in [2.75, 3.05) is 33.9 Å². The van der Waals surface area contributed by atoms with Crippen molar-refractivity contribution in [1.82, 2.24) is 20.0 Å². The van der Waals surface area contributed by atoms with Gasteiger partial charge in [0.2, 0.25) is 11.8 Å². The summed E-state index contributed by atoms with van der Waals surface area (Å²) in [5.74, 6) is -1.03. The molecule has 1 N–H and O–H groups in total. The van der Waals surface area contributed by atoms with Crippen LogP contribution in [0.4, 0.5) is 0 Å². The van der Waals surface area contributed by atoms with E-state index in [2.05, 4.69) is 10.2 Å². The third-order valence-electron chi connectivity index (χ3n) is 5.56. The number of carbonyl (C=O) groups is 2. The Morgan fingerprint density at radius 3 is 3.08 bits per heavy atom. The Kier molecular flexibility index (Phi) is 4.11. The first-order valence-electron chi connectivity index (χ1n) is 8.86. The van der Waals surface area contributed by atoms with Crippen molar-refractivity contribution in [2.24, 2.45) is 11.8 Å². The molecule has 4 rings (SSSR count). The van der Waals surface area contributed by atoms with Crippen molar-refractivity contribution >= 4 is 11.8 Å². The summed E-state index contributed by atoms with van der Waals surface area (Å²) in [6.45, 7) is 3.79. The van der Waals surface area contributed by atoms with E-state index in [9.17, 15) is 9.59 Å². The van der Waals surface area contributed by atoms with Crippen LogP contribution in [0.1, 0.15) is 11.4 Å². The third-order valence-corrected chi connectivity index (χ3v) is 5.56. The van der Waals surface area contributed by atoms with Gasteiger partial charge in [-0.25, -0.2) is 0 Å². The van der Waals surface area contributed by atoms with Gasteiger partial charge in [-0.15, -0.1) is 0 Å². The third kappa shape index (κ3) is 2.55. The zero-order valence-electron chi connectivity index (χ0n) is 15.3. The van der Waals surface area contributed by atoms with Crippen molar-refractivity contribution in [2.45, 2.75) is 25.2 Å². The number of carbonyl (C=O) groups excluding carboxylic acids is 2. The molecule has 3 aliphatic rings. The maximum absolute atomic E-state index is 13.1. The van der Waals surface area contributed by atoms with E-state index >= 15 is 0 Å². The van der Waals surface area contributed by atoms with Crippen LogP contribution in [0.3, 0.4) is 0 Å². The van der Waals surface area contributed by atoms with E-state index in [0.717, 1.165) is 11.4 Å². The molecule has 0 aromatic carbocycles. The predicted octanol–water partition coefficient (Wildman–Crippen LogP) is 0.105. The molecule has 1 spiro atoms. The van der Waals surface area contributed by atoms with E-state index in [0.29, 0.717) is 26.2 Å². The summed E-state index contributed by atoms with van der Waals surface area (Å²) in [5, 5.41) is 7.07. The fraction of sp³-hybridized carbons (Fsp3) is 0.611. The second-order valence-electron chi connectivity index (χ2n) is 7.39. The quantitative estimate of drug-likeness (QED) is 0.728. The molecule has 8 heteroatoms. The number of hydrogen-bond acceptors (Lipinski definition) is 5. The summed E-state index contributed by atoms with van der Waals surface area (Å²) >= 11 is 0. The van der Waals surface area contributed by atoms with Crippen LogP contribution in [0.25, 0.3) is 0 Å². The molecule has 0 saturated carbocycles. The lowest BCUT2D eigenvalue weighted by atomic mass is 9.76. The van der Waals surface area contributed by atoms with Crippen LogP contribution in [0, 0.1) is 18.8 Å². The highest BCUT2D eigenvalue weighted by Crippen LogP contribution is 2.52. The van der Waals surface area contributed by atoms with Crippen molar-refractivity contribution < 1.29 is 19.1 Å². The first kappa shape index (κ1) is 17.2. The minimum atomic E-state index is -0.667. The molecule has 2 fully saturated rings. The van der Waals surface area contributed by atoms with Crippen molar-refractivity contribution in [1.29, 1.82) is 0 Å². The number of nitrogens with one attached hydrogen (secondary N) is 1. The van der Waals surface area contributed by atoms with E-state index in [4.69, 9.17) is 9.47 Å². The van der Waals surface area contributed by atoms with Gasteiger partial charge in [-0.3, -0.25) is 14.7 Å². The summed E-state index contributed by atoms with van der Waals surface area (Å²) < 4.78 is 11.2. The number of aryl methyl sites for hydroxylation is 1. The van der Waals surface area contributed by atoms with Crippen LogP contribution in [0.15, 0.2) is 18.2 Å². The monoisotopic (exact) mass is 360 g/mol. The molecule has 0 radical (unpaired) electrons. The Morgan fingerprint density at radius 1 is 1.58 bits per heavy atom. The van der Waals surface area contributed by atoms with Crippen LogP contribution in [0.2, 0.25) is 0 Å². The minimum Gasteiger partial charge on any atom is -0.383 e. The maximum Gasteiger partial charge on any atom is 0.230 e. The van der Waals surface area contributed by atoms with Crippen LogP contribution in [-0.4, -0.2) is 77.4 Å². The molecule has 26 heavy (non-hydrogen) atoms. The van der Waals surface area contributed by atoms with Gasteiger partial charge in [-0.2, -0.15) is 5.10 Å². The number of rotatable bonds is 6. The average molecular weight is 360 g/mol. The maximum atomic E-state index is 13.1. The van der Waals surface area contributed by atoms with E-state index < -0.39 is 17.4 Å². The van der Waals surface area contributed by atoms with E-state index in [-0.39, 0.29) is 17.9 Å². The molecule has 1 aromatic heterocycles. The molecule has 0 aliphatic carbocycles. The van der Waals surface area contributed by atoms with E-state index in [1.54, 1.807) is 24.0 Å². The average Bonchev–Trinajstić information content (AvgIpc) is 3.34. The highest BCUT2D eigenvalue weighted by atomic mass is 16.5. The summed E-state index contributed by atoms with van der Waals surface area (Å²) in [5.41, 5.74) is 1.08. The van der Waals surface area contributed by atoms with Gasteiger partial charge in [-0.1, -0.05) is 12.2 Å². The fourth-order valence-electron chi connectivity index (χ4n) is 4.38. The largest absolute Gasteiger partial charge is 0.383 e. The van der Waals surface area contributed by atoms with Crippen LogP contribution in [0.5, 0.6) is 0 Å². The number of H-pyrrole nitrogens is 1. The van der Waals surface area contributed by atoms with E-state index in [1.807, 2.05) is 25.1 Å². The first-order chi connectivity index (χ1) is 12.4. The highest BCUT2D eigenvalue weighted by molar-refractivity contribution is 5.93. The molecular weight excluding hydrogens is 336 g/mol. The van der Waals surface area contributed by atoms with Crippen LogP contribution < -0.4 is 0 Å². The lowest BCUT2D eigenvalue weighted by molar-refractivity contribution is -0.142. The van der Waals surface area contributed by atoms with Gasteiger partial charge in [0.1, 0.15) is 5.60 Å². The zero-order valence-corrected chi connectivity index (χ0v) is 15.3. The smallest absolute Gasteiger partial charge is 0.230 e. The lowest BCUT2D eigenvalue weighted by Crippen LogP contribution is -2.44. The molecule has 2 bridgehead atoms. The summed E-state index contributed by atoms with van der Waals surface area (Å²) in [4.78, 5) is 29.5. The number of fused-ring (bicyclic) bond motifs is 1. The van der Waals surface area contributed by atoms with Gasteiger partial charge in [0.15, 0.2) is 0 Å². The standard InChI is InChI=1S/C18H24N4O4/c1-11-8-12(20-19-11)9-21(2)16(23)14-13-4-5-18(26-13)10-22(6-7-25-3)17(24)15(14)18/h4-5,8,13-15H,6-7,9-10H2,1-3H3,(H,19,20)/t13-,14-,15+,18-/m0/s1. The molecule has 4 atom stereocenters. The molecule has 1 aromatic rings. The number of aromatic nitrogens is 2. The van der Waals surface area contributed by atoms with Gasteiger partial charge in [0.05, 0.1) is 43.3 Å². The summed E-state index contributed by atoms with van der Waals surface area (Å²) in [7, 11) is 3.36. The number of hydrogen-bond donors (Lipinski definition) is 1. The Balaban J connectivity index is 1.52. The Labute approximate surface area is 152 Å². The topological polar surface area (TPSA) is 87.8 Å². The SMILES string of the molecule is COCCN1C[C@]23C=C[C@H](O2)[C@H](C(=O)N(C)Cc2cc(C)[nH]n2)[C@@H]3C1=O. The molecule has 2 amide bonds. The van der Waals surface area contributed by atoms with Gasteiger partial charge < -0.3 is 19.3 Å². The zero-order chi connectivity index (χ0) is 18.5. The molecule has 8 nitrogen and oxygen atoms in total. The van der Waals surface area contributed by atoms with Gasteiger partial charge in [-0.05, 0) is 13.0 Å². The number of likely N-dealkylation sites (tertiary alicyclic amines) is 1. The van der Waals surface area contributed by atoms with Crippen molar-refractivity contribution in [3.8, 4) is 0 Å². The highest BCUT2D eigenvalue weighted by Gasteiger charge is 2.66. The predicted molar refractivity (Wildman–Crippen MR) is 92.0 cm³/mol. The molecule has 140 valence electrons. The van der Waals surface area contributed by atoms with Crippen molar-refractivity contribution in [3.05, 3.63) is 29.6 Å². The number of amides is 2. The van der Waals surface area contributed by atoms with E-state index in [1.165, 1.54) is 0 Å². The van der Waals surface area contributed by atoms with Crippen LogP contribution in [-0.2, 0) is 25.6 Å². The second kappa shape index (κ2) is 6.21. The lowest BCUT2D eigenvalue weighted by Gasteiger charge is -2.27. The number of methoxy groups -OCH3 is 1. The van der Waals surface area contributed by atoms with Gasteiger partial charge in [0.25, 0.3) is 0 Å². The molecule has 4 heterocycles. The first-order valence-corrected chi connectivity index (χ1v) is 8.86. The summed E-state index contributed by atoms with van der Waals surface area (Å²) in [6, 6.07) is 1.91. The molecule has 0 unspecified atom stereocenters. The number of ether oxygens (including phenoxy) is 2. The fourth-order valence-corrected chi connectivity index (χ4v) is 4.38. The Morgan fingerprint density at radius 2 is 2.38 bits per heavy atom. The van der Waals surface area contributed by atoms with Gasteiger partial charge in [0, 0.05) is 26.4 Å². The second-order valence-corrected chi connectivity index (χ2v) is 7.39.